The lowest BCUT2D eigenvalue weighted by Gasteiger charge is -2.13. The van der Waals surface area contributed by atoms with Crippen LogP contribution < -0.4 is 20.1 Å². The number of ether oxygens (including phenoxy) is 3. The summed E-state index contributed by atoms with van der Waals surface area (Å²) < 4.78 is 15.6. The van der Waals surface area contributed by atoms with Gasteiger partial charge in [-0.05, 0) is 38.1 Å². The zero-order valence-corrected chi connectivity index (χ0v) is 14.0. The van der Waals surface area contributed by atoms with E-state index >= 15 is 0 Å². The first-order chi connectivity index (χ1) is 11.5. The van der Waals surface area contributed by atoms with Crippen LogP contribution in [0.5, 0.6) is 11.5 Å². The Balaban J connectivity index is 2.30. The molecule has 0 saturated heterocycles. The van der Waals surface area contributed by atoms with Gasteiger partial charge in [0.05, 0.1) is 19.6 Å². The zero-order valence-electron chi connectivity index (χ0n) is 14.0. The van der Waals surface area contributed by atoms with E-state index in [0.717, 1.165) is 5.75 Å². The first-order valence-electron chi connectivity index (χ1n) is 7.54. The number of esters is 1. The summed E-state index contributed by atoms with van der Waals surface area (Å²) >= 11 is 0. The van der Waals surface area contributed by atoms with Crippen LogP contribution in [0.2, 0.25) is 0 Å². The summed E-state index contributed by atoms with van der Waals surface area (Å²) in [5.41, 5.74) is 0. The lowest BCUT2D eigenvalue weighted by molar-refractivity contribution is -0.154. The third-order valence-corrected chi connectivity index (χ3v) is 2.85. The summed E-state index contributed by atoms with van der Waals surface area (Å²) in [7, 11) is 1.37. The van der Waals surface area contributed by atoms with Crippen LogP contribution in [0.1, 0.15) is 20.3 Å². The Bertz CT molecular complexity index is 558. The SMILES string of the molecule is CCOc1ccc(OCCC(=O)OC(C)C(=O)NC(=O)NC)cc1. The summed E-state index contributed by atoms with van der Waals surface area (Å²) in [6.07, 6.45) is -1.09. The van der Waals surface area contributed by atoms with E-state index in [0.29, 0.717) is 12.4 Å². The van der Waals surface area contributed by atoms with Crippen LogP contribution in [0.15, 0.2) is 24.3 Å². The van der Waals surface area contributed by atoms with Crippen LogP contribution in [0.3, 0.4) is 0 Å². The molecule has 1 aromatic carbocycles. The van der Waals surface area contributed by atoms with Crippen molar-refractivity contribution in [1.82, 2.24) is 10.6 Å². The monoisotopic (exact) mass is 338 g/mol. The zero-order chi connectivity index (χ0) is 17.9. The van der Waals surface area contributed by atoms with Gasteiger partial charge in [0.15, 0.2) is 6.10 Å². The number of hydrogen-bond donors (Lipinski definition) is 2. The van der Waals surface area contributed by atoms with E-state index in [1.807, 2.05) is 12.2 Å². The Morgan fingerprint density at radius 1 is 1.08 bits per heavy atom. The fraction of sp³-hybridized carbons (Fsp3) is 0.438. The molecule has 0 heterocycles. The predicted octanol–water partition coefficient (Wildman–Crippen LogP) is 1.24. The second-order valence-corrected chi connectivity index (χ2v) is 4.70. The highest BCUT2D eigenvalue weighted by atomic mass is 16.6. The van der Waals surface area contributed by atoms with Crippen molar-refractivity contribution in [3.63, 3.8) is 0 Å². The number of rotatable bonds is 8. The van der Waals surface area contributed by atoms with Crippen molar-refractivity contribution >= 4 is 17.9 Å². The molecule has 1 atom stereocenters. The second-order valence-electron chi connectivity index (χ2n) is 4.70. The summed E-state index contributed by atoms with van der Waals surface area (Å²) in [4.78, 5) is 34.2. The van der Waals surface area contributed by atoms with E-state index in [4.69, 9.17) is 14.2 Å². The van der Waals surface area contributed by atoms with Crippen LogP contribution in [-0.4, -0.2) is 44.3 Å². The fourth-order valence-electron chi connectivity index (χ4n) is 1.64. The van der Waals surface area contributed by atoms with Crippen LogP contribution in [0.25, 0.3) is 0 Å². The van der Waals surface area contributed by atoms with Gasteiger partial charge in [-0.3, -0.25) is 14.9 Å². The van der Waals surface area contributed by atoms with E-state index in [9.17, 15) is 14.4 Å². The molecule has 1 unspecified atom stereocenters. The van der Waals surface area contributed by atoms with Gasteiger partial charge in [0.25, 0.3) is 5.91 Å². The quantitative estimate of drug-likeness (QED) is 0.691. The maximum Gasteiger partial charge on any atom is 0.321 e. The van der Waals surface area contributed by atoms with Crippen LogP contribution in [0.4, 0.5) is 4.79 Å². The molecule has 0 aromatic heterocycles. The van der Waals surface area contributed by atoms with Gasteiger partial charge in [0, 0.05) is 7.05 Å². The van der Waals surface area contributed by atoms with Crippen molar-refractivity contribution in [2.75, 3.05) is 20.3 Å². The van der Waals surface area contributed by atoms with Crippen LogP contribution >= 0.6 is 0 Å². The Hall–Kier alpha value is -2.77. The lowest BCUT2D eigenvalue weighted by Crippen LogP contribution is -2.43. The Kier molecular flexibility index (Phi) is 8.10. The molecular weight excluding hydrogens is 316 g/mol. The number of carbonyl (C=O) groups is 3. The third-order valence-electron chi connectivity index (χ3n) is 2.85. The van der Waals surface area contributed by atoms with Crippen molar-refractivity contribution < 1.29 is 28.6 Å². The molecular formula is C16H22N2O6. The summed E-state index contributed by atoms with van der Waals surface area (Å²) in [6, 6.07) is 6.33. The van der Waals surface area contributed by atoms with Crippen molar-refractivity contribution in [1.29, 1.82) is 0 Å². The number of benzene rings is 1. The highest BCUT2D eigenvalue weighted by molar-refractivity contribution is 5.96. The Labute approximate surface area is 140 Å². The van der Waals surface area contributed by atoms with Crippen molar-refractivity contribution in [2.24, 2.45) is 0 Å². The normalized spacial score (nSPS) is 11.1. The molecule has 24 heavy (non-hydrogen) atoms. The summed E-state index contributed by atoms with van der Waals surface area (Å²) in [6.45, 7) is 3.96. The van der Waals surface area contributed by atoms with Gasteiger partial charge in [0.2, 0.25) is 0 Å². The Morgan fingerprint density at radius 2 is 1.67 bits per heavy atom. The molecule has 1 rings (SSSR count). The molecule has 0 fully saturated rings. The topological polar surface area (TPSA) is 103 Å². The second kappa shape index (κ2) is 10.1. The molecule has 0 saturated carbocycles. The first-order valence-corrected chi connectivity index (χ1v) is 7.54. The van der Waals surface area contributed by atoms with Gasteiger partial charge < -0.3 is 19.5 Å². The van der Waals surface area contributed by atoms with E-state index in [1.165, 1.54) is 14.0 Å². The minimum absolute atomic E-state index is 0.0230. The molecule has 0 bridgehead atoms. The predicted molar refractivity (Wildman–Crippen MR) is 85.9 cm³/mol. The number of amides is 3. The maximum atomic E-state index is 11.6. The molecule has 8 nitrogen and oxygen atoms in total. The van der Waals surface area contributed by atoms with Gasteiger partial charge in [-0.25, -0.2) is 4.79 Å². The van der Waals surface area contributed by atoms with E-state index in [2.05, 4.69) is 5.32 Å². The van der Waals surface area contributed by atoms with Gasteiger partial charge in [-0.15, -0.1) is 0 Å². The minimum atomic E-state index is -1.07. The average molecular weight is 338 g/mol. The van der Waals surface area contributed by atoms with Crippen LogP contribution in [0, 0.1) is 0 Å². The number of urea groups is 1. The van der Waals surface area contributed by atoms with Gasteiger partial charge >= 0.3 is 12.0 Å². The molecule has 1 aromatic rings. The molecule has 0 aliphatic rings. The molecule has 0 spiro atoms. The molecule has 0 aliphatic carbocycles. The van der Waals surface area contributed by atoms with E-state index in [-0.39, 0.29) is 13.0 Å². The molecule has 2 N–H and O–H groups in total. The van der Waals surface area contributed by atoms with Crippen molar-refractivity contribution in [2.45, 2.75) is 26.4 Å². The van der Waals surface area contributed by atoms with Gasteiger partial charge in [-0.2, -0.15) is 0 Å². The standard InChI is InChI=1S/C16H22N2O6/c1-4-22-12-5-7-13(8-6-12)23-10-9-14(19)24-11(2)15(20)18-16(21)17-3/h5-8,11H,4,9-10H2,1-3H3,(H2,17,18,20,21). The van der Waals surface area contributed by atoms with Crippen molar-refractivity contribution in [3.05, 3.63) is 24.3 Å². The average Bonchev–Trinajstić information content (AvgIpc) is 2.56. The molecule has 0 radical (unpaired) electrons. The van der Waals surface area contributed by atoms with E-state index < -0.39 is 24.0 Å². The fourth-order valence-corrected chi connectivity index (χ4v) is 1.64. The minimum Gasteiger partial charge on any atom is -0.494 e. The molecule has 132 valence electrons. The molecule has 8 heteroatoms. The highest BCUT2D eigenvalue weighted by Gasteiger charge is 2.19. The first kappa shape index (κ1) is 19.3. The summed E-state index contributed by atoms with van der Waals surface area (Å²) in [5, 5.41) is 4.25. The van der Waals surface area contributed by atoms with E-state index in [1.54, 1.807) is 24.3 Å². The number of carbonyl (C=O) groups excluding carboxylic acids is 3. The molecule has 3 amide bonds. The van der Waals surface area contributed by atoms with Gasteiger partial charge in [0.1, 0.15) is 11.5 Å². The summed E-state index contributed by atoms with van der Waals surface area (Å²) in [5.74, 6) is 0.0347. The largest absolute Gasteiger partial charge is 0.494 e. The smallest absolute Gasteiger partial charge is 0.321 e. The maximum absolute atomic E-state index is 11.6. The Morgan fingerprint density at radius 3 is 2.21 bits per heavy atom. The van der Waals surface area contributed by atoms with Crippen LogP contribution in [-0.2, 0) is 14.3 Å². The van der Waals surface area contributed by atoms with Gasteiger partial charge in [-0.1, -0.05) is 0 Å². The number of imide groups is 1. The third kappa shape index (κ3) is 6.99. The molecule has 0 aliphatic heterocycles. The number of nitrogens with one attached hydrogen (secondary N) is 2. The lowest BCUT2D eigenvalue weighted by atomic mass is 10.3. The van der Waals surface area contributed by atoms with Crippen molar-refractivity contribution in [3.8, 4) is 11.5 Å². The highest BCUT2D eigenvalue weighted by Crippen LogP contribution is 2.17. The number of hydrogen-bond acceptors (Lipinski definition) is 6.